The molecule has 0 saturated carbocycles. The first kappa shape index (κ1) is 42.0. The van der Waals surface area contributed by atoms with Crippen LogP contribution in [0.3, 0.4) is 0 Å². The number of carbonyl (C=O) groups excluding carboxylic acids is 2. The minimum absolute atomic E-state index is 0.0734. The molecule has 3 aromatic carbocycles. The third-order valence-electron chi connectivity index (χ3n) is 13.2. The van der Waals surface area contributed by atoms with Crippen molar-refractivity contribution in [3.8, 4) is 16.1 Å². The molecular weight excluding hydrogens is 822 g/mol. The highest BCUT2D eigenvalue weighted by Crippen LogP contribution is 2.45. The Kier molecular flexibility index (Phi) is 11.2. The number of rotatable bonds is 10. The highest BCUT2D eigenvalue weighted by molar-refractivity contribution is 7.13. The zero-order chi connectivity index (χ0) is 43.6. The second-order valence-electron chi connectivity index (χ2n) is 18.1. The third kappa shape index (κ3) is 7.54. The lowest BCUT2D eigenvalue weighted by atomic mass is 9.83. The minimum Gasteiger partial charge on any atom is -0.391 e. The van der Waals surface area contributed by atoms with Crippen LogP contribution in [0.25, 0.3) is 27.0 Å². The molecular formula is C47H52ClN9O4S. The number of aliphatic hydroxyl groups is 1. The Balaban J connectivity index is 0.846. The number of aryl methyl sites for hydroxylation is 1. The molecule has 2 fully saturated rings. The lowest BCUT2D eigenvalue weighted by Gasteiger charge is -2.32. The van der Waals surface area contributed by atoms with Gasteiger partial charge in [-0.25, -0.2) is 9.67 Å². The minimum atomic E-state index is -0.810. The van der Waals surface area contributed by atoms with Crippen LogP contribution in [0.1, 0.15) is 106 Å². The Morgan fingerprint density at radius 2 is 1.81 bits per heavy atom. The van der Waals surface area contributed by atoms with E-state index in [1.54, 1.807) is 22.1 Å². The van der Waals surface area contributed by atoms with E-state index in [0.29, 0.717) is 22.9 Å². The van der Waals surface area contributed by atoms with Gasteiger partial charge in [-0.3, -0.25) is 23.9 Å². The van der Waals surface area contributed by atoms with Crippen molar-refractivity contribution in [2.75, 3.05) is 19.6 Å². The van der Waals surface area contributed by atoms with E-state index in [1.165, 1.54) is 10.5 Å². The van der Waals surface area contributed by atoms with Gasteiger partial charge in [0.25, 0.3) is 5.56 Å². The highest BCUT2D eigenvalue weighted by Gasteiger charge is 2.43. The summed E-state index contributed by atoms with van der Waals surface area (Å²) in [5.74, 6) is 0.376. The van der Waals surface area contributed by atoms with Crippen molar-refractivity contribution in [1.82, 2.24) is 44.6 Å². The maximum Gasteiger partial charge on any atom is 0.282 e. The van der Waals surface area contributed by atoms with Gasteiger partial charge in [-0.1, -0.05) is 73.1 Å². The molecule has 322 valence electrons. The Morgan fingerprint density at radius 1 is 1.05 bits per heavy atom. The summed E-state index contributed by atoms with van der Waals surface area (Å²) in [6.45, 7) is 14.5. The standard InChI is InChI=1S/C47H52ClN9O4S/c1-26(2)41(45(61)55-24-34(58)21-39(55)43(59)50-27(3)29-10-12-31(13-11-29)42-28(4)49-25-62-42)56-23-33(52-53-56)22-54-18-16-30(17-19-54)32-14-15-35-38(20-32)57-37-9-7-8-36(48)40(37)44(60)51-46(57)47(35,5)6/h7-15,20,23,25-27,30,34,39,41,58H,16-19,21-22,24H2,1-6H3,(H,50,59)/t27-,34+,39-,41-/m0/s1. The number of aromatic nitrogens is 6. The van der Waals surface area contributed by atoms with E-state index >= 15 is 0 Å². The molecule has 3 aromatic heterocycles. The zero-order valence-corrected chi connectivity index (χ0v) is 37.5. The molecule has 13 nitrogen and oxygen atoms in total. The molecule has 62 heavy (non-hydrogen) atoms. The molecule has 2 amide bonds. The SMILES string of the molecule is Cc1ncsc1-c1ccc([C@H](C)NC(=O)[C@@H]2C[C@@H](O)CN2C(=O)[C@H](C(C)C)n2cc(CN3CCC(c4ccc5c(c4)-n4c(nc(=O)c6c(Cl)cccc64)C5(C)C)CC3)nn2)cc1. The second-order valence-corrected chi connectivity index (χ2v) is 19.3. The number of piperidine rings is 1. The molecule has 6 aromatic rings. The molecule has 0 unspecified atom stereocenters. The number of likely N-dealkylation sites (tertiary alicyclic amines) is 2. The predicted molar refractivity (Wildman–Crippen MR) is 241 cm³/mol. The lowest BCUT2D eigenvalue weighted by molar-refractivity contribution is -0.142. The largest absolute Gasteiger partial charge is 0.391 e. The smallest absolute Gasteiger partial charge is 0.282 e. The van der Waals surface area contributed by atoms with Crippen molar-refractivity contribution >= 4 is 45.7 Å². The fourth-order valence-corrected chi connectivity index (χ4v) is 10.8. The molecule has 9 rings (SSSR count). The number of nitrogens with zero attached hydrogens (tertiary/aromatic N) is 8. The number of β-amino-alcohol motifs (C(OH)–C–C–N with tert-alkyl or cyclic N) is 1. The first-order valence-corrected chi connectivity index (χ1v) is 22.7. The molecule has 2 N–H and O–H groups in total. The Bertz CT molecular complexity index is 2740. The van der Waals surface area contributed by atoms with E-state index in [9.17, 15) is 19.5 Å². The normalized spacial score (nSPS) is 19.8. The van der Waals surface area contributed by atoms with Gasteiger partial charge in [0.05, 0.1) is 67.1 Å². The van der Waals surface area contributed by atoms with Gasteiger partial charge in [-0.05, 0) is 106 Å². The molecule has 3 aliphatic rings. The van der Waals surface area contributed by atoms with Crippen molar-refractivity contribution in [3.63, 3.8) is 0 Å². The van der Waals surface area contributed by atoms with Gasteiger partial charge in [0, 0.05) is 19.5 Å². The maximum atomic E-state index is 14.3. The summed E-state index contributed by atoms with van der Waals surface area (Å²) in [5, 5.41) is 23.7. The van der Waals surface area contributed by atoms with E-state index in [2.05, 4.69) is 67.1 Å². The van der Waals surface area contributed by atoms with E-state index in [0.717, 1.165) is 75.9 Å². The number of fused-ring (bicyclic) bond motifs is 5. The molecule has 0 aliphatic carbocycles. The average molecular weight is 875 g/mol. The van der Waals surface area contributed by atoms with Crippen LogP contribution in [0.2, 0.25) is 5.02 Å². The topological polar surface area (TPSA) is 151 Å². The number of carbonyl (C=O) groups is 2. The Hall–Kier alpha value is -5.28. The summed E-state index contributed by atoms with van der Waals surface area (Å²) in [6, 6.07) is 18.5. The van der Waals surface area contributed by atoms with Crippen LogP contribution in [0.15, 0.2) is 77.2 Å². The highest BCUT2D eigenvalue weighted by atomic mass is 35.5. The van der Waals surface area contributed by atoms with Crippen LogP contribution < -0.4 is 10.9 Å². The van der Waals surface area contributed by atoms with Crippen molar-refractivity contribution in [1.29, 1.82) is 0 Å². The lowest BCUT2D eigenvalue weighted by Crippen LogP contribution is -2.49. The zero-order valence-electron chi connectivity index (χ0n) is 35.9. The number of nitrogens with one attached hydrogen (secondary N) is 1. The van der Waals surface area contributed by atoms with Crippen molar-refractivity contribution in [2.45, 2.75) is 103 Å². The van der Waals surface area contributed by atoms with Gasteiger partial charge in [0.1, 0.15) is 17.9 Å². The predicted octanol–water partition coefficient (Wildman–Crippen LogP) is 7.12. The number of benzene rings is 3. The summed E-state index contributed by atoms with van der Waals surface area (Å²) >= 11 is 8.11. The number of amides is 2. The van der Waals surface area contributed by atoms with E-state index in [4.69, 9.17) is 11.6 Å². The van der Waals surface area contributed by atoms with Gasteiger partial charge in [-0.15, -0.1) is 16.4 Å². The number of hydrogen-bond acceptors (Lipinski definition) is 10. The molecule has 15 heteroatoms. The van der Waals surface area contributed by atoms with Crippen LogP contribution in [-0.2, 0) is 21.5 Å². The van der Waals surface area contributed by atoms with Gasteiger partial charge >= 0.3 is 0 Å². The molecule has 2 saturated heterocycles. The van der Waals surface area contributed by atoms with Gasteiger partial charge < -0.3 is 15.3 Å². The summed E-state index contributed by atoms with van der Waals surface area (Å²) in [5.41, 5.74) is 9.07. The van der Waals surface area contributed by atoms with Crippen LogP contribution in [0.5, 0.6) is 0 Å². The van der Waals surface area contributed by atoms with Gasteiger partial charge in [0.15, 0.2) is 0 Å². The number of thiazole rings is 1. The molecule has 4 atom stereocenters. The Morgan fingerprint density at radius 3 is 2.52 bits per heavy atom. The van der Waals surface area contributed by atoms with Crippen molar-refractivity contribution < 1.29 is 14.7 Å². The van der Waals surface area contributed by atoms with Crippen LogP contribution in [-0.4, -0.2) is 88.0 Å². The summed E-state index contributed by atoms with van der Waals surface area (Å²) in [7, 11) is 0. The molecule has 0 radical (unpaired) electrons. The van der Waals surface area contributed by atoms with Crippen LogP contribution in [0, 0.1) is 12.8 Å². The maximum absolute atomic E-state index is 14.3. The monoisotopic (exact) mass is 873 g/mol. The summed E-state index contributed by atoms with van der Waals surface area (Å²) in [4.78, 5) is 55.1. The summed E-state index contributed by atoms with van der Waals surface area (Å²) < 4.78 is 3.75. The molecule has 6 heterocycles. The third-order valence-corrected chi connectivity index (χ3v) is 14.5. The van der Waals surface area contributed by atoms with Crippen molar-refractivity contribution in [3.05, 3.63) is 122 Å². The quantitative estimate of drug-likeness (QED) is 0.147. The van der Waals surface area contributed by atoms with E-state index in [-0.39, 0.29) is 42.3 Å². The first-order valence-electron chi connectivity index (χ1n) is 21.5. The van der Waals surface area contributed by atoms with Crippen LogP contribution in [0.4, 0.5) is 0 Å². The summed E-state index contributed by atoms with van der Waals surface area (Å²) in [6.07, 6.45) is 3.13. The van der Waals surface area contributed by atoms with Gasteiger partial charge in [0.2, 0.25) is 11.8 Å². The molecule has 3 aliphatic heterocycles. The van der Waals surface area contributed by atoms with Gasteiger partial charge in [-0.2, -0.15) is 4.98 Å². The average Bonchev–Trinajstić information content (AvgIpc) is 4.04. The van der Waals surface area contributed by atoms with E-state index < -0.39 is 23.6 Å². The first-order chi connectivity index (χ1) is 29.7. The molecule has 0 bridgehead atoms. The number of aliphatic hydroxyl groups excluding tert-OH is 1. The van der Waals surface area contributed by atoms with E-state index in [1.807, 2.05) is 75.8 Å². The number of halogens is 1. The fraction of sp³-hybridized carbons (Fsp3) is 0.426. The second kappa shape index (κ2) is 16.4. The van der Waals surface area contributed by atoms with Crippen molar-refractivity contribution in [2.24, 2.45) is 5.92 Å². The van der Waals surface area contributed by atoms with Crippen LogP contribution >= 0.6 is 22.9 Å². The number of hydrogen-bond donors (Lipinski definition) is 2. The molecule has 0 spiro atoms. The Labute approximate surface area is 369 Å². The fourth-order valence-electron chi connectivity index (χ4n) is 9.78.